The summed E-state index contributed by atoms with van der Waals surface area (Å²) in [4.78, 5) is 23.3. The number of aromatic nitrogens is 2. The highest BCUT2D eigenvalue weighted by Crippen LogP contribution is 2.34. The summed E-state index contributed by atoms with van der Waals surface area (Å²) in [6.45, 7) is 1.62. The molecule has 0 radical (unpaired) electrons. The summed E-state index contributed by atoms with van der Waals surface area (Å²) in [5, 5.41) is 3.59. The molecule has 1 atom stereocenters. The molecular weight excluding hydrogens is 315 g/mol. The maximum atomic E-state index is 13.0. The van der Waals surface area contributed by atoms with Crippen molar-refractivity contribution >= 4 is 17.2 Å². The molecule has 5 nitrogen and oxygen atoms in total. The van der Waals surface area contributed by atoms with E-state index in [1.54, 1.807) is 19.3 Å². The SMILES string of the molecule is CNC(=O)c1cnc(C2CCCCN2Cc2ccc(F)cn2)s1. The Morgan fingerprint density at radius 3 is 3.00 bits per heavy atom. The number of rotatable bonds is 4. The van der Waals surface area contributed by atoms with Crippen LogP contribution >= 0.6 is 11.3 Å². The summed E-state index contributed by atoms with van der Waals surface area (Å²) in [6.07, 6.45) is 6.18. The Labute approximate surface area is 138 Å². The topological polar surface area (TPSA) is 58.1 Å². The van der Waals surface area contributed by atoms with Crippen molar-refractivity contribution in [2.75, 3.05) is 13.6 Å². The number of carbonyl (C=O) groups is 1. The predicted octanol–water partition coefficient (Wildman–Crippen LogP) is 2.76. The Morgan fingerprint density at radius 2 is 2.26 bits per heavy atom. The van der Waals surface area contributed by atoms with Crippen LogP contribution in [0.25, 0.3) is 0 Å². The van der Waals surface area contributed by atoms with Crippen molar-refractivity contribution in [1.29, 1.82) is 0 Å². The molecule has 0 spiro atoms. The molecule has 23 heavy (non-hydrogen) atoms. The molecule has 1 unspecified atom stereocenters. The van der Waals surface area contributed by atoms with Gasteiger partial charge in [0.05, 0.1) is 24.1 Å². The number of piperidine rings is 1. The Kier molecular flexibility index (Phi) is 4.97. The first kappa shape index (κ1) is 16.0. The largest absolute Gasteiger partial charge is 0.354 e. The third kappa shape index (κ3) is 3.73. The van der Waals surface area contributed by atoms with Crippen molar-refractivity contribution in [3.8, 4) is 0 Å². The Bertz CT molecular complexity index is 673. The van der Waals surface area contributed by atoms with Gasteiger partial charge in [0.1, 0.15) is 15.7 Å². The summed E-state index contributed by atoms with van der Waals surface area (Å²) in [5.74, 6) is -0.421. The van der Waals surface area contributed by atoms with E-state index in [9.17, 15) is 9.18 Å². The number of nitrogens with one attached hydrogen (secondary N) is 1. The van der Waals surface area contributed by atoms with Crippen molar-refractivity contribution in [2.45, 2.75) is 31.8 Å². The molecule has 3 rings (SSSR count). The number of amides is 1. The quantitative estimate of drug-likeness (QED) is 0.934. The van der Waals surface area contributed by atoms with Crippen LogP contribution in [0.5, 0.6) is 0 Å². The molecule has 122 valence electrons. The van der Waals surface area contributed by atoms with E-state index in [4.69, 9.17) is 0 Å². The molecule has 0 saturated carbocycles. The van der Waals surface area contributed by atoms with Crippen molar-refractivity contribution in [3.63, 3.8) is 0 Å². The monoisotopic (exact) mass is 334 g/mol. The molecular formula is C16H19FN4OS. The fourth-order valence-electron chi connectivity index (χ4n) is 2.84. The van der Waals surface area contributed by atoms with Crippen LogP contribution in [0.3, 0.4) is 0 Å². The second kappa shape index (κ2) is 7.14. The normalized spacial score (nSPS) is 18.8. The number of hydrogen-bond acceptors (Lipinski definition) is 5. The van der Waals surface area contributed by atoms with E-state index < -0.39 is 0 Å². The van der Waals surface area contributed by atoms with Crippen molar-refractivity contribution in [3.05, 3.63) is 45.9 Å². The first-order valence-electron chi connectivity index (χ1n) is 7.69. The Hall–Kier alpha value is -1.86. The fourth-order valence-corrected chi connectivity index (χ4v) is 3.87. The lowest BCUT2D eigenvalue weighted by molar-refractivity contribution is 0.0967. The van der Waals surface area contributed by atoms with Gasteiger partial charge >= 0.3 is 0 Å². The maximum absolute atomic E-state index is 13.0. The van der Waals surface area contributed by atoms with Gasteiger partial charge in [-0.2, -0.15) is 0 Å². The van der Waals surface area contributed by atoms with Gasteiger partial charge in [-0.25, -0.2) is 9.37 Å². The predicted molar refractivity (Wildman–Crippen MR) is 86.7 cm³/mol. The average molecular weight is 334 g/mol. The van der Waals surface area contributed by atoms with Gasteiger partial charge in [0.15, 0.2) is 0 Å². The lowest BCUT2D eigenvalue weighted by atomic mass is 10.0. The third-order valence-electron chi connectivity index (χ3n) is 4.03. The first-order valence-corrected chi connectivity index (χ1v) is 8.51. The molecule has 1 saturated heterocycles. The average Bonchev–Trinajstić information content (AvgIpc) is 3.06. The molecule has 2 aromatic rings. The summed E-state index contributed by atoms with van der Waals surface area (Å²) in [6, 6.07) is 3.35. The minimum absolute atomic E-state index is 0.101. The molecule has 2 aromatic heterocycles. The minimum atomic E-state index is -0.320. The number of carbonyl (C=O) groups excluding carboxylic acids is 1. The van der Waals surface area contributed by atoms with E-state index in [0.717, 1.165) is 36.5 Å². The molecule has 3 heterocycles. The summed E-state index contributed by atoms with van der Waals surface area (Å²) in [7, 11) is 1.62. The number of halogens is 1. The lowest BCUT2D eigenvalue weighted by Crippen LogP contribution is -2.33. The van der Waals surface area contributed by atoms with Crippen molar-refractivity contribution in [1.82, 2.24) is 20.2 Å². The Morgan fingerprint density at radius 1 is 1.39 bits per heavy atom. The second-order valence-corrected chi connectivity index (χ2v) is 6.65. The number of pyridine rings is 1. The minimum Gasteiger partial charge on any atom is -0.354 e. The van der Waals surface area contributed by atoms with E-state index in [2.05, 4.69) is 20.2 Å². The zero-order valence-electron chi connectivity index (χ0n) is 13.0. The van der Waals surface area contributed by atoms with Crippen LogP contribution < -0.4 is 5.32 Å². The van der Waals surface area contributed by atoms with E-state index in [1.165, 1.54) is 23.6 Å². The zero-order chi connectivity index (χ0) is 16.2. The van der Waals surface area contributed by atoms with Crippen molar-refractivity contribution in [2.24, 2.45) is 0 Å². The number of nitrogens with zero attached hydrogens (tertiary/aromatic N) is 3. The first-order chi connectivity index (χ1) is 11.2. The van der Waals surface area contributed by atoms with Gasteiger partial charge in [0, 0.05) is 13.6 Å². The lowest BCUT2D eigenvalue weighted by Gasteiger charge is -2.34. The highest BCUT2D eigenvalue weighted by Gasteiger charge is 2.27. The molecule has 1 aliphatic heterocycles. The number of hydrogen-bond donors (Lipinski definition) is 1. The zero-order valence-corrected chi connectivity index (χ0v) is 13.8. The summed E-state index contributed by atoms with van der Waals surface area (Å²) in [5.41, 5.74) is 0.849. The Balaban J connectivity index is 1.77. The van der Waals surface area contributed by atoms with E-state index >= 15 is 0 Å². The van der Waals surface area contributed by atoms with Gasteiger partial charge in [-0.15, -0.1) is 11.3 Å². The van der Waals surface area contributed by atoms with Gasteiger partial charge in [0.25, 0.3) is 5.91 Å². The van der Waals surface area contributed by atoms with Crippen LogP contribution in [0.1, 0.15) is 45.7 Å². The smallest absolute Gasteiger partial charge is 0.262 e. The third-order valence-corrected chi connectivity index (χ3v) is 5.12. The van der Waals surface area contributed by atoms with Crippen LogP contribution in [0.15, 0.2) is 24.5 Å². The molecule has 1 aliphatic rings. The second-order valence-electron chi connectivity index (χ2n) is 5.59. The van der Waals surface area contributed by atoms with Gasteiger partial charge in [-0.1, -0.05) is 6.42 Å². The molecule has 0 aliphatic carbocycles. The van der Waals surface area contributed by atoms with Crippen LogP contribution in [-0.4, -0.2) is 34.4 Å². The fraction of sp³-hybridized carbons (Fsp3) is 0.438. The molecule has 7 heteroatoms. The van der Waals surface area contributed by atoms with Crippen LogP contribution in [0, 0.1) is 5.82 Å². The highest BCUT2D eigenvalue weighted by atomic mass is 32.1. The standard InChI is InChI=1S/C16H19FN4OS/c1-18-15(22)14-9-20-16(23-14)13-4-2-3-7-21(13)10-12-6-5-11(17)8-19-12/h5-6,8-9,13H,2-4,7,10H2,1H3,(H,18,22). The molecule has 1 N–H and O–H groups in total. The highest BCUT2D eigenvalue weighted by molar-refractivity contribution is 7.13. The van der Waals surface area contributed by atoms with E-state index in [0.29, 0.717) is 11.4 Å². The molecule has 1 fully saturated rings. The molecule has 0 aromatic carbocycles. The van der Waals surface area contributed by atoms with Gasteiger partial charge < -0.3 is 5.32 Å². The summed E-state index contributed by atoms with van der Waals surface area (Å²) >= 11 is 1.44. The van der Waals surface area contributed by atoms with Crippen LogP contribution in [-0.2, 0) is 6.54 Å². The molecule has 0 bridgehead atoms. The van der Waals surface area contributed by atoms with Crippen molar-refractivity contribution < 1.29 is 9.18 Å². The molecule has 1 amide bonds. The van der Waals surface area contributed by atoms with Gasteiger partial charge in [0.2, 0.25) is 0 Å². The van der Waals surface area contributed by atoms with Crippen LogP contribution in [0.2, 0.25) is 0 Å². The van der Waals surface area contributed by atoms with Crippen LogP contribution in [0.4, 0.5) is 4.39 Å². The van der Waals surface area contributed by atoms with Gasteiger partial charge in [-0.3, -0.25) is 14.7 Å². The van der Waals surface area contributed by atoms with E-state index in [-0.39, 0.29) is 17.8 Å². The van der Waals surface area contributed by atoms with E-state index in [1.807, 2.05) is 0 Å². The number of thiazole rings is 1. The maximum Gasteiger partial charge on any atom is 0.262 e. The number of likely N-dealkylation sites (tertiary alicyclic amines) is 1. The summed E-state index contributed by atoms with van der Waals surface area (Å²) < 4.78 is 13.0. The van der Waals surface area contributed by atoms with Gasteiger partial charge in [-0.05, 0) is 31.5 Å².